The second kappa shape index (κ2) is 10.9. The molecule has 0 fully saturated rings. The molecule has 0 heterocycles. The van der Waals surface area contributed by atoms with Crippen LogP contribution in [-0.4, -0.2) is 29.3 Å². The number of allylic oxidation sites excluding steroid dienone is 2. The van der Waals surface area contributed by atoms with Crippen LogP contribution in [0.25, 0.3) is 0 Å². The van der Waals surface area contributed by atoms with Crippen LogP contribution in [0.5, 0.6) is 0 Å². The first-order valence-corrected chi connectivity index (χ1v) is 18.1. The van der Waals surface area contributed by atoms with E-state index < -0.39 is 16.6 Å². The summed E-state index contributed by atoms with van der Waals surface area (Å²) in [7, 11) is -4.00. The molecule has 34 heavy (non-hydrogen) atoms. The minimum Gasteiger partial charge on any atom is -0.411 e. The fourth-order valence-electron chi connectivity index (χ4n) is 5.31. The minimum absolute atomic E-state index is 0.0119. The standard InChI is InChI=1S/C30H44O2Si2/c1-8-30(23-20-26(21-24-30)32-33(5,6)7)22-15-25-31-34(29(2,3)4,27-16-11-9-12-17-27)28-18-13-10-14-19-28/h8-14,16-20,23,26H,1,15,21-22,24-25H2,2-7H3/t26-,30+/m1/s1. The lowest BCUT2D eigenvalue weighted by molar-refractivity contribution is 0.190. The van der Waals surface area contributed by atoms with Gasteiger partial charge in [-0.05, 0) is 60.7 Å². The fraction of sp³-hybridized carbons (Fsp3) is 0.467. The number of rotatable bonds is 10. The van der Waals surface area contributed by atoms with Crippen LogP contribution in [0, 0.1) is 5.41 Å². The van der Waals surface area contributed by atoms with E-state index >= 15 is 0 Å². The maximum Gasteiger partial charge on any atom is 0.261 e. The van der Waals surface area contributed by atoms with Crippen molar-refractivity contribution in [3.63, 3.8) is 0 Å². The molecule has 1 aliphatic carbocycles. The van der Waals surface area contributed by atoms with Crippen molar-refractivity contribution in [2.24, 2.45) is 5.41 Å². The molecule has 2 atom stereocenters. The lowest BCUT2D eigenvalue weighted by Crippen LogP contribution is -2.66. The van der Waals surface area contributed by atoms with Gasteiger partial charge in [0.1, 0.15) is 0 Å². The van der Waals surface area contributed by atoms with E-state index in [0.29, 0.717) is 0 Å². The van der Waals surface area contributed by atoms with Gasteiger partial charge in [-0.15, -0.1) is 6.58 Å². The van der Waals surface area contributed by atoms with Gasteiger partial charge in [-0.1, -0.05) is 99.7 Å². The Morgan fingerprint density at radius 1 is 0.971 bits per heavy atom. The topological polar surface area (TPSA) is 18.5 Å². The van der Waals surface area contributed by atoms with Gasteiger partial charge in [0, 0.05) is 12.0 Å². The van der Waals surface area contributed by atoms with Gasteiger partial charge in [0.2, 0.25) is 0 Å². The summed E-state index contributed by atoms with van der Waals surface area (Å²) in [5, 5.41) is 2.70. The Morgan fingerprint density at radius 3 is 1.94 bits per heavy atom. The molecule has 0 amide bonds. The molecule has 3 rings (SSSR count). The number of benzene rings is 2. The molecule has 4 heteroatoms. The molecule has 0 radical (unpaired) electrons. The first kappa shape index (κ1) is 26.9. The molecule has 2 aromatic rings. The summed E-state index contributed by atoms with van der Waals surface area (Å²) >= 11 is 0. The highest BCUT2D eigenvalue weighted by atomic mass is 28.4. The van der Waals surface area contributed by atoms with E-state index in [-0.39, 0.29) is 16.6 Å². The molecule has 184 valence electrons. The van der Waals surface area contributed by atoms with Gasteiger partial charge in [-0.25, -0.2) is 0 Å². The molecule has 2 nitrogen and oxygen atoms in total. The van der Waals surface area contributed by atoms with Crippen LogP contribution < -0.4 is 10.4 Å². The van der Waals surface area contributed by atoms with Crippen molar-refractivity contribution in [1.29, 1.82) is 0 Å². The van der Waals surface area contributed by atoms with Crippen molar-refractivity contribution in [3.05, 3.63) is 85.5 Å². The second-order valence-electron chi connectivity index (χ2n) is 11.7. The predicted molar refractivity (Wildman–Crippen MR) is 152 cm³/mol. The molecule has 0 saturated carbocycles. The van der Waals surface area contributed by atoms with E-state index in [1.807, 2.05) is 0 Å². The summed E-state index contributed by atoms with van der Waals surface area (Å²) in [4.78, 5) is 0. The molecule has 1 aliphatic rings. The Bertz CT molecular complexity index is 902. The van der Waals surface area contributed by atoms with Crippen molar-refractivity contribution in [2.45, 2.75) is 77.2 Å². The predicted octanol–water partition coefficient (Wildman–Crippen LogP) is 7.09. The van der Waals surface area contributed by atoms with Crippen LogP contribution in [0.3, 0.4) is 0 Å². The van der Waals surface area contributed by atoms with Gasteiger partial charge in [0.05, 0.1) is 6.10 Å². The third kappa shape index (κ3) is 6.28. The Morgan fingerprint density at radius 2 is 1.53 bits per heavy atom. The molecule has 2 aromatic carbocycles. The first-order chi connectivity index (χ1) is 16.0. The number of hydrogen-bond acceptors (Lipinski definition) is 2. The van der Waals surface area contributed by atoms with Crippen LogP contribution in [0.4, 0.5) is 0 Å². The molecule has 0 unspecified atom stereocenters. The Labute approximate surface area is 210 Å². The number of hydrogen-bond donors (Lipinski definition) is 0. The van der Waals surface area contributed by atoms with E-state index in [4.69, 9.17) is 8.85 Å². The molecule has 0 spiro atoms. The zero-order valence-electron chi connectivity index (χ0n) is 22.1. The van der Waals surface area contributed by atoms with E-state index in [9.17, 15) is 0 Å². The maximum absolute atomic E-state index is 7.10. The SMILES string of the molecule is C=C[C@]1(CCCO[Si](c2ccccc2)(c2ccccc2)C(C)(C)C)C=C[C@@H](O[Si](C)(C)C)CC1. The summed E-state index contributed by atoms with van der Waals surface area (Å²) < 4.78 is 13.4. The van der Waals surface area contributed by atoms with Crippen molar-refractivity contribution in [2.75, 3.05) is 6.61 Å². The van der Waals surface area contributed by atoms with Crippen molar-refractivity contribution in [1.82, 2.24) is 0 Å². The summed E-state index contributed by atoms with van der Waals surface area (Å²) in [6.07, 6.45) is 11.3. The van der Waals surface area contributed by atoms with Crippen LogP contribution in [-0.2, 0) is 8.85 Å². The van der Waals surface area contributed by atoms with Crippen LogP contribution in [0.15, 0.2) is 85.5 Å². The van der Waals surface area contributed by atoms with E-state index in [1.54, 1.807) is 0 Å². The minimum atomic E-state index is -2.47. The maximum atomic E-state index is 7.10. The summed E-state index contributed by atoms with van der Waals surface area (Å²) in [6, 6.07) is 21.8. The van der Waals surface area contributed by atoms with Crippen molar-refractivity contribution >= 4 is 27.0 Å². The lowest BCUT2D eigenvalue weighted by atomic mass is 9.75. The van der Waals surface area contributed by atoms with Crippen molar-refractivity contribution < 1.29 is 8.85 Å². The largest absolute Gasteiger partial charge is 0.411 e. The normalized spacial score (nSPS) is 21.4. The second-order valence-corrected chi connectivity index (χ2v) is 20.5. The summed E-state index contributed by atoms with van der Waals surface area (Å²) in [6.45, 7) is 18.8. The molecular formula is C30H44O2Si2. The highest BCUT2D eigenvalue weighted by Crippen LogP contribution is 2.40. The first-order valence-electron chi connectivity index (χ1n) is 12.8. The monoisotopic (exact) mass is 492 g/mol. The Kier molecular flexibility index (Phi) is 8.62. The van der Waals surface area contributed by atoms with Gasteiger partial charge in [0.25, 0.3) is 8.32 Å². The Hall–Kier alpha value is -1.73. The lowest BCUT2D eigenvalue weighted by Gasteiger charge is -2.43. The third-order valence-electron chi connectivity index (χ3n) is 6.97. The summed E-state index contributed by atoms with van der Waals surface area (Å²) in [5.41, 5.74) is 0.0497. The smallest absolute Gasteiger partial charge is 0.261 e. The van der Waals surface area contributed by atoms with E-state index in [2.05, 4.69) is 126 Å². The average Bonchev–Trinajstić information content (AvgIpc) is 2.80. The van der Waals surface area contributed by atoms with Crippen LogP contribution in [0.1, 0.15) is 46.5 Å². The van der Waals surface area contributed by atoms with Gasteiger partial charge in [-0.2, -0.15) is 0 Å². The van der Waals surface area contributed by atoms with Crippen LogP contribution >= 0.6 is 0 Å². The van der Waals surface area contributed by atoms with Gasteiger partial charge in [0.15, 0.2) is 8.32 Å². The van der Waals surface area contributed by atoms with Gasteiger partial charge >= 0.3 is 0 Å². The molecule has 0 saturated heterocycles. The van der Waals surface area contributed by atoms with Crippen molar-refractivity contribution in [3.8, 4) is 0 Å². The molecule has 0 aliphatic heterocycles. The fourth-order valence-corrected chi connectivity index (χ4v) is 11.0. The van der Waals surface area contributed by atoms with E-state index in [1.165, 1.54) is 10.4 Å². The molecule has 0 bridgehead atoms. The zero-order valence-corrected chi connectivity index (χ0v) is 24.1. The quantitative estimate of drug-likeness (QED) is 0.200. The average molecular weight is 493 g/mol. The molecular weight excluding hydrogens is 449 g/mol. The van der Waals surface area contributed by atoms with Gasteiger partial charge < -0.3 is 8.85 Å². The summed E-state index contributed by atoms with van der Waals surface area (Å²) in [5.74, 6) is 0. The van der Waals surface area contributed by atoms with Gasteiger partial charge in [-0.3, -0.25) is 0 Å². The Balaban J connectivity index is 1.77. The highest BCUT2D eigenvalue weighted by Gasteiger charge is 2.50. The zero-order chi connectivity index (χ0) is 24.9. The third-order valence-corrected chi connectivity index (χ3v) is 13.0. The molecule has 0 aromatic heterocycles. The highest BCUT2D eigenvalue weighted by molar-refractivity contribution is 6.99. The molecule has 0 N–H and O–H groups in total. The van der Waals surface area contributed by atoms with Crippen LogP contribution in [0.2, 0.25) is 24.7 Å². The van der Waals surface area contributed by atoms with E-state index in [0.717, 1.165) is 32.3 Å².